The van der Waals surface area contributed by atoms with Crippen molar-refractivity contribution in [2.75, 3.05) is 37.2 Å². The molecule has 1 fully saturated rings. The lowest BCUT2D eigenvalue weighted by molar-refractivity contribution is -0.119. The monoisotopic (exact) mass is 293 g/mol. The third-order valence-corrected chi connectivity index (χ3v) is 3.86. The molecule has 0 saturated carbocycles. The van der Waals surface area contributed by atoms with Crippen molar-refractivity contribution < 1.29 is 9.59 Å². The Balaban J connectivity index is 2.06. The minimum atomic E-state index is 0.0364. The molecule has 1 saturated heterocycles. The Morgan fingerprint density at radius 1 is 1.30 bits per heavy atom. The highest BCUT2D eigenvalue weighted by atomic mass is 32.2. The zero-order valence-corrected chi connectivity index (χ0v) is 12.6. The number of hydrogen-bond donors (Lipinski definition) is 1. The van der Waals surface area contributed by atoms with Crippen molar-refractivity contribution in [1.82, 2.24) is 9.80 Å². The second kappa shape index (κ2) is 6.65. The van der Waals surface area contributed by atoms with Gasteiger partial charge in [0.1, 0.15) is 0 Å². The molecule has 5 nitrogen and oxygen atoms in total. The van der Waals surface area contributed by atoms with Crippen LogP contribution in [0.25, 0.3) is 0 Å². The predicted molar refractivity (Wildman–Crippen MR) is 81.9 cm³/mol. The topological polar surface area (TPSA) is 52.7 Å². The van der Waals surface area contributed by atoms with Crippen LogP contribution in [0.2, 0.25) is 0 Å². The summed E-state index contributed by atoms with van der Waals surface area (Å²) in [7, 11) is 0. The van der Waals surface area contributed by atoms with Gasteiger partial charge in [-0.25, -0.2) is 0 Å². The summed E-state index contributed by atoms with van der Waals surface area (Å²) in [4.78, 5) is 26.6. The summed E-state index contributed by atoms with van der Waals surface area (Å²) in [6.45, 7) is 4.41. The maximum Gasteiger partial charge on any atom is 0.253 e. The van der Waals surface area contributed by atoms with Crippen molar-refractivity contribution in [2.24, 2.45) is 0 Å². The number of aryl methyl sites for hydroxylation is 1. The van der Waals surface area contributed by atoms with E-state index >= 15 is 0 Å². The number of anilines is 1. The number of amides is 2. The summed E-state index contributed by atoms with van der Waals surface area (Å²) in [5.41, 5.74) is 2.78. The second-order valence-corrected chi connectivity index (χ2v) is 5.38. The average molecular weight is 293 g/mol. The molecule has 0 bridgehead atoms. The van der Waals surface area contributed by atoms with Crippen molar-refractivity contribution in [3.8, 4) is 0 Å². The summed E-state index contributed by atoms with van der Waals surface area (Å²) < 4.78 is 3.18. The molecule has 1 aliphatic rings. The van der Waals surface area contributed by atoms with Crippen molar-refractivity contribution in [2.45, 2.75) is 6.92 Å². The van der Waals surface area contributed by atoms with Crippen LogP contribution in [0.4, 0.5) is 5.69 Å². The first-order valence-corrected chi connectivity index (χ1v) is 7.76. The van der Waals surface area contributed by atoms with E-state index < -0.39 is 0 Å². The average Bonchev–Trinajstić information content (AvgIpc) is 2.49. The molecule has 1 heterocycles. The molecule has 0 aromatic heterocycles. The number of rotatable bonds is 4. The molecule has 0 unspecified atom stereocenters. The van der Waals surface area contributed by atoms with Gasteiger partial charge in [0.15, 0.2) is 0 Å². The van der Waals surface area contributed by atoms with Crippen molar-refractivity contribution in [1.29, 1.82) is 0 Å². The number of nitrogens with one attached hydrogen (secondary N) is 1. The van der Waals surface area contributed by atoms with Gasteiger partial charge >= 0.3 is 0 Å². The molecule has 1 aromatic carbocycles. The van der Waals surface area contributed by atoms with E-state index in [1.807, 2.05) is 31.4 Å². The first-order valence-electron chi connectivity index (χ1n) is 6.54. The molecule has 1 aliphatic heterocycles. The van der Waals surface area contributed by atoms with Crippen LogP contribution in [0.5, 0.6) is 0 Å². The van der Waals surface area contributed by atoms with Gasteiger partial charge in [0, 0.05) is 43.7 Å². The van der Waals surface area contributed by atoms with E-state index in [0.717, 1.165) is 17.7 Å². The zero-order valence-electron chi connectivity index (χ0n) is 11.8. The smallest absolute Gasteiger partial charge is 0.253 e. The maximum atomic E-state index is 12.4. The van der Waals surface area contributed by atoms with Crippen LogP contribution in [0.1, 0.15) is 15.9 Å². The SMILES string of the molecule is CSNc1ccc(C(=O)N2CCN(C=O)CC2)cc1C. The van der Waals surface area contributed by atoms with E-state index in [1.165, 1.54) is 11.9 Å². The molecule has 1 N–H and O–H groups in total. The fourth-order valence-corrected chi connectivity index (χ4v) is 2.68. The van der Waals surface area contributed by atoms with Gasteiger partial charge in [0.2, 0.25) is 6.41 Å². The number of hydrogen-bond acceptors (Lipinski definition) is 4. The van der Waals surface area contributed by atoms with Gasteiger partial charge in [-0.2, -0.15) is 0 Å². The van der Waals surface area contributed by atoms with E-state index in [9.17, 15) is 9.59 Å². The van der Waals surface area contributed by atoms with E-state index in [0.29, 0.717) is 31.7 Å². The van der Waals surface area contributed by atoms with Crippen molar-refractivity contribution in [3.05, 3.63) is 29.3 Å². The largest absolute Gasteiger partial charge is 0.342 e. The lowest BCUT2D eigenvalue weighted by Gasteiger charge is -2.32. The minimum absolute atomic E-state index is 0.0364. The Hall–Kier alpha value is -1.69. The first kappa shape index (κ1) is 14.7. The quantitative estimate of drug-likeness (QED) is 0.677. The van der Waals surface area contributed by atoms with Crippen molar-refractivity contribution in [3.63, 3.8) is 0 Å². The Morgan fingerprint density at radius 3 is 2.55 bits per heavy atom. The number of nitrogens with zero attached hydrogens (tertiary/aromatic N) is 2. The molecule has 0 aliphatic carbocycles. The summed E-state index contributed by atoms with van der Waals surface area (Å²) in [5, 5.41) is 0. The Bertz CT molecular complexity index is 499. The maximum absolute atomic E-state index is 12.4. The summed E-state index contributed by atoms with van der Waals surface area (Å²) in [6.07, 6.45) is 2.81. The molecule has 0 radical (unpaired) electrons. The Kier molecular flexibility index (Phi) is 4.89. The standard InChI is InChI=1S/C14H19N3O2S/c1-11-9-12(3-4-13(11)15-20-2)14(19)17-7-5-16(10-18)6-8-17/h3-4,9-10,15H,5-8H2,1-2H3. The summed E-state index contributed by atoms with van der Waals surface area (Å²) in [6, 6.07) is 5.69. The molecule has 2 rings (SSSR count). The number of carbonyl (C=O) groups is 2. The molecular weight excluding hydrogens is 274 g/mol. The highest BCUT2D eigenvalue weighted by molar-refractivity contribution is 7.99. The first-order chi connectivity index (χ1) is 9.65. The fourth-order valence-electron chi connectivity index (χ4n) is 2.23. The Morgan fingerprint density at radius 2 is 2.00 bits per heavy atom. The van der Waals surface area contributed by atoms with Crippen LogP contribution in [0.3, 0.4) is 0 Å². The van der Waals surface area contributed by atoms with E-state index in [4.69, 9.17) is 0 Å². The second-order valence-electron chi connectivity index (χ2n) is 4.77. The van der Waals surface area contributed by atoms with E-state index in [-0.39, 0.29) is 5.91 Å². The van der Waals surface area contributed by atoms with Gasteiger partial charge in [-0.05, 0) is 30.7 Å². The van der Waals surface area contributed by atoms with Gasteiger partial charge in [-0.3, -0.25) is 9.59 Å². The molecule has 6 heteroatoms. The Labute approximate surface area is 123 Å². The van der Waals surface area contributed by atoms with Gasteiger partial charge in [-0.15, -0.1) is 0 Å². The molecule has 108 valence electrons. The van der Waals surface area contributed by atoms with Crippen LogP contribution in [0.15, 0.2) is 18.2 Å². The zero-order chi connectivity index (χ0) is 14.5. The van der Waals surface area contributed by atoms with E-state index in [1.54, 1.807) is 9.80 Å². The van der Waals surface area contributed by atoms with Crippen LogP contribution in [0, 0.1) is 6.92 Å². The molecule has 0 spiro atoms. The van der Waals surface area contributed by atoms with Gasteiger partial charge in [0.25, 0.3) is 5.91 Å². The van der Waals surface area contributed by atoms with Gasteiger partial charge < -0.3 is 14.5 Å². The molecule has 1 aromatic rings. The third kappa shape index (κ3) is 3.25. The highest BCUT2D eigenvalue weighted by Gasteiger charge is 2.21. The summed E-state index contributed by atoms with van der Waals surface area (Å²) >= 11 is 1.53. The third-order valence-electron chi connectivity index (χ3n) is 3.44. The van der Waals surface area contributed by atoms with Gasteiger partial charge in [-0.1, -0.05) is 11.9 Å². The minimum Gasteiger partial charge on any atom is -0.342 e. The fraction of sp³-hybridized carbons (Fsp3) is 0.429. The van der Waals surface area contributed by atoms with Crippen LogP contribution in [-0.4, -0.2) is 54.6 Å². The van der Waals surface area contributed by atoms with E-state index in [2.05, 4.69) is 4.72 Å². The normalized spacial score (nSPS) is 15.1. The highest BCUT2D eigenvalue weighted by Crippen LogP contribution is 2.20. The number of carbonyl (C=O) groups excluding carboxylic acids is 2. The molecule has 0 atom stereocenters. The summed E-state index contributed by atoms with van der Waals surface area (Å²) in [5.74, 6) is 0.0364. The molecule has 20 heavy (non-hydrogen) atoms. The van der Waals surface area contributed by atoms with Crippen LogP contribution < -0.4 is 4.72 Å². The molecular formula is C14H19N3O2S. The number of piperazine rings is 1. The lowest BCUT2D eigenvalue weighted by atomic mass is 10.1. The van der Waals surface area contributed by atoms with Crippen molar-refractivity contribution >= 4 is 30.0 Å². The number of benzene rings is 1. The molecule has 2 amide bonds. The lowest BCUT2D eigenvalue weighted by Crippen LogP contribution is -2.48. The van der Waals surface area contributed by atoms with Crippen LogP contribution >= 0.6 is 11.9 Å². The van der Waals surface area contributed by atoms with Gasteiger partial charge in [0.05, 0.1) is 0 Å². The van der Waals surface area contributed by atoms with Crippen LogP contribution in [-0.2, 0) is 4.79 Å². The predicted octanol–water partition coefficient (Wildman–Crippen LogP) is 1.60.